The van der Waals surface area contributed by atoms with Gasteiger partial charge in [0.2, 0.25) is 0 Å². The zero-order chi connectivity index (χ0) is 20.1. The number of nitrogens with zero attached hydrogens (tertiary/aromatic N) is 1. The fourth-order valence-electron chi connectivity index (χ4n) is 4.49. The van der Waals surface area contributed by atoms with Gasteiger partial charge in [0.15, 0.2) is 0 Å². The number of benzene rings is 5. The minimum Gasteiger partial charge on any atom is -0.309 e. The first-order valence-electron chi connectivity index (χ1n) is 10.1. The number of rotatable bonds is 2. The van der Waals surface area contributed by atoms with E-state index in [1.807, 2.05) is 0 Å². The van der Waals surface area contributed by atoms with Crippen molar-refractivity contribution in [1.82, 2.24) is 0 Å². The van der Waals surface area contributed by atoms with Gasteiger partial charge < -0.3 is 4.90 Å². The topological polar surface area (TPSA) is 3.24 Å². The summed E-state index contributed by atoms with van der Waals surface area (Å²) in [5, 5.41) is 2.58. The lowest BCUT2D eigenvalue weighted by molar-refractivity contribution is 1.28. The van der Waals surface area contributed by atoms with Crippen LogP contribution in [0.3, 0.4) is 0 Å². The van der Waals surface area contributed by atoms with Crippen molar-refractivity contribution in [3.05, 3.63) is 114 Å². The number of fused-ring (bicyclic) bond motifs is 2. The molecule has 0 saturated carbocycles. The molecule has 0 fully saturated rings. The van der Waals surface area contributed by atoms with Gasteiger partial charge in [0, 0.05) is 21.1 Å². The van der Waals surface area contributed by atoms with Gasteiger partial charge >= 0.3 is 0 Å². The molecule has 0 amide bonds. The number of para-hydroxylation sites is 1. The van der Waals surface area contributed by atoms with Crippen molar-refractivity contribution in [2.75, 3.05) is 4.90 Å². The Hall–Kier alpha value is -3.36. The van der Waals surface area contributed by atoms with Crippen molar-refractivity contribution in [1.29, 1.82) is 0 Å². The Labute approximate surface area is 184 Å². The van der Waals surface area contributed by atoms with Crippen LogP contribution in [0.1, 0.15) is 0 Å². The lowest BCUT2D eigenvalue weighted by Crippen LogP contribution is -2.14. The molecule has 0 bridgehead atoms. The molecule has 0 spiro atoms. The molecule has 0 radical (unpaired) electrons. The van der Waals surface area contributed by atoms with Crippen molar-refractivity contribution in [2.24, 2.45) is 0 Å². The molecule has 5 aromatic rings. The molecule has 0 atom stereocenters. The molecular formula is C28H18BrN. The van der Waals surface area contributed by atoms with Gasteiger partial charge in [-0.25, -0.2) is 0 Å². The van der Waals surface area contributed by atoms with E-state index in [-0.39, 0.29) is 0 Å². The Balaban J connectivity index is 1.66. The third kappa shape index (κ3) is 2.68. The van der Waals surface area contributed by atoms with Crippen LogP contribution in [0.5, 0.6) is 0 Å². The van der Waals surface area contributed by atoms with E-state index in [0.29, 0.717) is 0 Å². The molecule has 6 rings (SSSR count). The second-order valence-electron chi connectivity index (χ2n) is 7.59. The predicted molar refractivity (Wildman–Crippen MR) is 131 cm³/mol. The zero-order valence-electron chi connectivity index (χ0n) is 16.2. The molecule has 5 aromatic carbocycles. The van der Waals surface area contributed by atoms with Gasteiger partial charge in [-0.3, -0.25) is 0 Å². The summed E-state index contributed by atoms with van der Waals surface area (Å²) in [6.45, 7) is 0. The van der Waals surface area contributed by atoms with E-state index in [2.05, 4.69) is 130 Å². The second-order valence-corrected chi connectivity index (χ2v) is 8.51. The van der Waals surface area contributed by atoms with E-state index in [0.717, 1.165) is 4.47 Å². The first-order valence-corrected chi connectivity index (χ1v) is 10.9. The summed E-state index contributed by atoms with van der Waals surface area (Å²) in [4.78, 5) is 2.38. The van der Waals surface area contributed by atoms with E-state index in [4.69, 9.17) is 0 Å². The summed E-state index contributed by atoms with van der Waals surface area (Å²) in [7, 11) is 0. The van der Waals surface area contributed by atoms with Gasteiger partial charge in [0.1, 0.15) is 0 Å². The number of halogens is 1. The van der Waals surface area contributed by atoms with Crippen molar-refractivity contribution in [3.8, 4) is 22.3 Å². The van der Waals surface area contributed by atoms with Crippen LogP contribution in [0.2, 0.25) is 0 Å². The molecule has 0 unspecified atom stereocenters. The van der Waals surface area contributed by atoms with Crippen molar-refractivity contribution < 1.29 is 0 Å². The van der Waals surface area contributed by atoms with Gasteiger partial charge in [0.05, 0.1) is 11.4 Å². The number of hydrogen-bond acceptors (Lipinski definition) is 1. The standard InChI is InChI=1S/C28H18BrN/c29-22-15-12-19(13-16-22)21-14-17-26-25(18-21)24-10-4-6-20-7-5-11-27(28(20)24)30(26)23-8-2-1-3-9-23/h1-18H. The Bertz CT molecular complexity index is 1380. The maximum Gasteiger partial charge on any atom is 0.0546 e. The van der Waals surface area contributed by atoms with Gasteiger partial charge in [-0.1, -0.05) is 82.7 Å². The highest BCUT2D eigenvalue weighted by Crippen LogP contribution is 2.51. The van der Waals surface area contributed by atoms with Crippen LogP contribution < -0.4 is 4.90 Å². The molecule has 0 N–H and O–H groups in total. The summed E-state index contributed by atoms with van der Waals surface area (Å²) in [6, 6.07) is 39.2. The summed E-state index contributed by atoms with van der Waals surface area (Å²) in [6.07, 6.45) is 0. The first-order chi connectivity index (χ1) is 14.8. The average molecular weight is 448 g/mol. The van der Waals surface area contributed by atoms with E-state index < -0.39 is 0 Å². The Morgan fingerprint density at radius 1 is 0.533 bits per heavy atom. The van der Waals surface area contributed by atoms with Crippen LogP contribution in [-0.4, -0.2) is 0 Å². The maximum atomic E-state index is 3.54. The minimum atomic E-state index is 1.10. The molecule has 2 heteroatoms. The number of hydrogen-bond donors (Lipinski definition) is 0. The highest BCUT2D eigenvalue weighted by molar-refractivity contribution is 9.10. The van der Waals surface area contributed by atoms with E-state index in [1.165, 1.54) is 50.1 Å². The SMILES string of the molecule is Brc1ccc(-c2ccc3c(c2)-c2cccc4cccc(c24)N3c2ccccc2)cc1. The van der Waals surface area contributed by atoms with Crippen molar-refractivity contribution in [2.45, 2.75) is 0 Å². The van der Waals surface area contributed by atoms with Crippen LogP contribution in [0.25, 0.3) is 33.0 Å². The maximum absolute atomic E-state index is 3.54. The minimum absolute atomic E-state index is 1.10. The lowest BCUT2D eigenvalue weighted by Gasteiger charge is -2.33. The molecule has 142 valence electrons. The van der Waals surface area contributed by atoms with Crippen LogP contribution in [0, 0.1) is 0 Å². The van der Waals surface area contributed by atoms with Crippen LogP contribution in [0.15, 0.2) is 114 Å². The highest BCUT2D eigenvalue weighted by atomic mass is 79.9. The van der Waals surface area contributed by atoms with E-state index in [1.54, 1.807) is 0 Å². The fraction of sp³-hybridized carbons (Fsp3) is 0. The third-order valence-corrected chi connectivity index (χ3v) is 6.37. The summed E-state index contributed by atoms with van der Waals surface area (Å²) in [5.74, 6) is 0. The Morgan fingerprint density at radius 3 is 2.07 bits per heavy atom. The molecule has 1 heterocycles. The van der Waals surface area contributed by atoms with Gasteiger partial charge in [-0.2, -0.15) is 0 Å². The molecule has 0 saturated heterocycles. The quantitative estimate of drug-likeness (QED) is 0.256. The number of anilines is 3. The summed E-state index contributed by atoms with van der Waals surface area (Å²) < 4.78 is 1.10. The van der Waals surface area contributed by atoms with E-state index >= 15 is 0 Å². The molecule has 1 aliphatic rings. The normalized spacial score (nSPS) is 12.1. The molecule has 0 aromatic heterocycles. The smallest absolute Gasteiger partial charge is 0.0546 e. The van der Waals surface area contributed by atoms with Gasteiger partial charge in [-0.05, 0) is 64.5 Å². The largest absolute Gasteiger partial charge is 0.309 e. The molecule has 1 nitrogen and oxygen atoms in total. The van der Waals surface area contributed by atoms with Crippen LogP contribution in [0.4, 0.5) is 17.1 Å². The molecule has 1 aliphatic heterocycles. The summed E-state index contributed by atoms with van der Waals surface area (Å²) >= 11 is 3.54. The average Bonchev–Trinajstić information content (AvgIpc) is 2.80. The van der Waals surface area contributed by atoms with Gasteiger partial charge in [-0.15, -0.1) is 0 Å². The first kappa shape index (κ1) is 17.5. The zero-order valence-corrected chi connectivity index (χ0v) is 17.8. The monoisotopic (exact) mass is 447 g/mol. The highest BCUT2D eigenvalue weighted by Gasteiger charge is 2.25. The van der Waals surface area contributed by atoms with Gasteiger partial charge in [0.25, 0.3) is 0 Å². The second kappa shape index (κ2) is 6.86. The fourth-order valence-corrected chi connectivity index (χ4v) is 4.75. The Morgan fingerprint density at radius 2 is 1.27 bits per heavy atom. The van der Waals surface area contributed by atoms with Crippen LogP contribution >= 0.6 is 15.9 Å². The summed E-state index contributed by atoms with van der Waals surface area (Å²) in [5.41, 5.74) is 8.64. The van der Waals surface area contributed by atoms with Crippen LogP contribution in [-0.2, 0) is 0 Å². The molecular weight excluding hydrogens is 430 g/mol. The predicted octanol–water partition coefficient (Wildman–Crippen LogP) is 8.72. The van der Waals surface area contributed by atoms with Crippen molar-refractivity contribution in [3.63, 3.8) is 0 Å². The Kier molecular flexibility index (Phi) is 4.00. The molecule has 0 aliphatic carbocycles. The van der Waals surface area contributed by atoms with E-state index in [9.17, 15) is 0 Å². The lowest BCUT2D eigenvalue weighted by atomic mass is 9.89. The molecule has 30 heavy (non-hydrogen) atoms. The third-order valence-electron chi connectivity index (χ3n) is 5.84. The van der Waals surface area contributed by atoms with Crippen molar-refractivity contribution >= 4 is 43.8 Å².